The largest absolute Gasteiger partial charge is 0.454 e. The molecule has 0 spiro atoms. The van der Waals surface area contributed by atoms with Gasteiger partial charge in [0.2, 0.25) is 6.79 Å². The minimum absolute atomic E-state index is 0.0599. The minimum atomic E-state index is -0.310. The van der Waals surface area contributed by atoms with Crippen LogP contribution in [0.1, 0.15) is 24.0 Å². The summed E-state index contributed by atoms with van der Waals surface area (Å²) >= 11 is 0. The molecule has 5 heteroatoms. The molecular weight excluding hydrogens is 333 g/mol. The SMILES string of the molecule is OC[C@]1(Cc2ccccc2F)CCCN(Cc2cccc3c2OCO3)C1. The van der Waals surface area contributed by atoms with E-state index >= 15 is 0 Å². The number of benzene rings is 2. The van der Waals surface area contributed by atoms with E-state index in [1.54, 1.807) is 6.07 Å². The lowest BCUT2D eigenvalue weighted by atomic mass is 9.75. The maximum absolute atomic E-state index is 14.1. The Morgan fingerprint density at radius 2 is 1.92 bits per heavy atom. The van der Waals surface area contributed by atoms with E-state index in [9.17, 15) is 9.50 Å². The predicted molar refractivity (Wildman–Crippen MR) is 96.7 cm³/mol. The van der Waals surface area contributed by atoms with E-state index in [-0.39, 0.29) is 24.6 Å². The quantitative estimate of drug-likeness (QED) is 0.891. The van der Waals surface area contributed by atoms with Crippen LogP contribution in [0.2, 0.25) is 0 Å². The Hall–Kier alpha value is -2.11. The molecule has 0 aliphatic carbocycles. The molecule has 138 valence electrons. The topological polar surface area (TPSA) is 41.9 Å². The highest BCUT2D eigenvalue weighted by molar-refractivity contribution is 5.48. The second kappa shape index (κ2) is 7.25. The van der Waals surface area contributed by atoms with Crippen LogP contribution in [0.15, 0.2) is 42.5 Å². The van der Waals surface area contributed by atoms with E-state index in [1.165, 1.54) is 6.07 Å². The molecule has 0 amide bonds. The summed E-state index contributed by atoms with van der Waals surface area (Å²) in [5.41, 5.74) is 1.47. The van der Waals surface area contributed by atoms with E-state index in [4.69, 9.17) is 9.47 Å². The monoisotopic (exact) mass is 357 g/mol. The fraction of sp³-hybridized carbons (Fsp3) is 0.429. The van der Waals surface area contributed by atoms with E-state index in [2.05, 4.69) is 11.0 Å². The van der Waals surface area contributed by atoms with Crippen LogP contribution in [0.25, 0.3) is 0 Å². The van der Waals surface area contributed by atoms with Gasteiger partial charge in [0, 0.05) is 24.1 Å². The fourth-order valence-electron chi connectivity index (χ4n) is 4.18. The van der Waals surface area contributed by atoms with E-state index in [0.717, 1.165) is 49.5 Å². The molecule has 0 aromatic heterocycles. The van der Waals surface area contributed by atoms with Gasteiger partial charge in [-0.1, -0.05) is 30.3 Å². The maximum Gasteiger partial charge on any atom is 0.231 e. The zero-order chi connectivity index (χ0) is 18.0. The molecule has 1 saturated heterocycles. The van der Waals surface area contributed by atoms with E-state index in [1.807, 2.05) is 24.3 Å². The Bertz CT molecular complexity index is 782. The van der Waals surface area contributed by atoms with Crippen LogP contribution in [0.4, 0.5) is 4.39 Å². The smallest absolute Gasteiger partial charge is 0.231 e. The van der Waals surface area contributed by atoms with Crippen molar-refractivity contribution in [3.63, 3.8) is 0 Å². The van der Waals surface area contributed by atoms with Crippen molar-refractivity contribution in [2.24, 2.45) is 5.41 Å². The Kier molecular flexibility index (Phi) is 4.83. The molecule has 2 heterocycles. The fourth-order valence-corrected chi connectivity index (χ4v) is 4.18. The lowest BCUT2D eigenvalue weighted by Crippen LogP contribution is -2.46. The van der Waals surface area contributed by atoms with Crippen molar-refractivity contribution in [3.8, 4) is 11.5 Å². The standard InChI is InChI=1S/C21H24FNO3/c22-18-7-2-1-5-16(18)11-21(14-24)9-4-10-23(13-21)12-17-6-3-8-19-20(17)26-15-25-19/h1-3,5-8,24H,4,9-15H2/t21-/m0/s1. The van der Waals surface area contributed by atoms with Crippen molar-refractivity contribution in [3.05, 3.63) is 59.4 Å². The summed E-state index contributed by atoms with van der Waals surface area (Å²) in [6.07, 6.45) is 2.45. The summed E-state index contributed by atoms with van der Waals surface area (Å²) < 4.78 is 25.2. The van der Waals surface area contributed by atoms with Crippen molar-refractivity contribution >= 4 is 0 Å². The molecule has 26 heavy (non-hydrogen) atoms. The number of halogens is 1. The van der Waals surface area contributed by atoms with Crippen LogP contribution in [-0.4, -0.2) is 36.5 Å². The third-order valence-electron chi connectivity index (χ3n) is 5.47. The summed E-state index contributed by atoms with van der Waals surface area (Å²) in [5.74, 6) is 1.42. The van der Waals surface area contributed by atoms with Gasteiger partial charge < -0.3 is 14.6 Å². The number of aliphatic hydroxyl groups excluding tert-OH is 1. The number of ether oxygens (including phenoxy) is 2. The maximum atomic E-state index is 14.1. The summed E-state index contributed by atoms with van der Waals surface area (Å²) in [5, 5.41) is 10.1. The Morgan fingerprint density at radius 3 is 2.77 bits per heavy atom. The number of para-hydroxylation sites is 1. The zero-order valence-corrected chi connectivity index (χ0v) is 14.8. The first-order valence-electron chi connectivity index (χ1n) is 9.13. The van der Waals surface area contributed by atoms with Crippen LogP contribution in [-0.2, 0) is 13.0 Å². The van der Waals surface area contributed by atoms with Crippen molar-refractivity contribution in [2.45, 2.75) is 25.8 Å². The van der Waals surface area contributed by atoms with Crippen LogP contribution < -0.4 is 9.47 Å². The number of piperidine rings is 1. The summed E-state index contributed by atoms with van der Waals surface area (Å²) in [6.45, 7) is 2.77. The molecular formula is C21H24FNO3. The number of nitrogens with zero attached hydrogens (tertiary/aromatic N) is 1. The summed E-state index contributed by atoms with van der Waals surface area (Å²) in [7, 11) is 0. The first kappa shape index (κ1) is 17.3. The third kappa shape index (κ3) is 3.41. The molecule has 2 aliphatic heterocycles. The molecule has 1 N–H and O–H groups in total. The number of aliphatic hydroxyl groups is 1. The average Bonchev–Trinajstić information content (AvgIpc) is 3.14. The normalized spacial score (nSPS) is 22.5. The second-order valence-electron chi connectivity index (χ2n) is 7.39. The van der Waals surface area contributed by atoms with Gasteiger partial charge in [0.1, 0.15) is 5.82 Å². The number of hydrogen-bond donors (Lipinski definition) is 1. The molecule has 4 rings (SSSR count). The number of likely N-dealkylation sites (tertiary alicyclic amines) is 1. The number of hydrogen-bond acceptors (Lipinski definition) is 4. The predicted octanol–water partition coefficient (Wildman–Crippen LogP) is 3.37. The van der Waals surface area contributed by atoms with Gasteiger partial charge >= 0.3 is 0 Å². The van der Waals surface area contributed by atoms with Gasteiger partial charge in [0.05, 0.1) is 6.61 Å². The summed E-state index contributed by atoms with van der Waals surface area (Å²) in [6, 6.07) is 12.8. The van der Waals surface area contributed by atoms with Gasteiger partial charge in [0.25, 0.3) is 0 Å². The molecule has 2 aromatic carbocycles. The van der Waals surface area contributed by atoms with Crippen molar-refractivity contribution in [2.75, 3.05) is 26.5 Å². The molecule has 2 aromatic rings. The van der Waals surface area contributed by atoms with Crippen LogP contribution in [0.5, 0.6) is 11.5 Å². The molecule has 0 bridgehead atoms. The van der Waals surface area contributed by atoms with Gasteiger partial charge in [-0.2, -0.15) is 0 Å². The zero-order valence-electron chi connectivity index (χ0n) is 14.8. The highest BCUT2D eigenvalue weighted by atomic mass is 19.1. The lowest BCUT2D eigenvalue weighted by Gasteiger charge is -2.42. The first-order valence-corrected chi connectivity index (χ1v) is 9.13. The van der Waals surface area contributed by atoms with Gasteiger partial charge in [-0.3, -0.25) is 4.90 Å². The molecule has 2 aliphatic rings. The van der Waals surface area contributed by atoms with E-state index < -0.39 is 0 Å². The lowest BCUT2D eigenvalue weighted by molar-refractivity contribution is 0.0279. The van der Waals surface area contributed by atoms with Gasteiger partial charge in [-0.05, 0) is 43.5 Å². The molecule has 4 nitrogen and oxygen atoms in total. The molecule has 0 unspecified atom stereocenters. The Labute approximate surface area is 153 Å². The van der Waals surface area contributed by atoms with Crippen LogP contribution in [0, 0.1) is 11.2 Å². The van der Waals surface area contributed by atoms with Gasteiger partial charge in [-0.25, -0.2) is 4.39 Å². The molecule has 0 saturated carbocycles. The van der Waals surface area contributed by atoms with Gasteiger partial charge in [0.15, 0.2) is 11.5 Å². The Morgan fingerprint density at radius 1 is 1.08 bits per heavy atom. The van der Waals surface area contributed by atoms with Crippen LogP contribution in [0.3, 0.4) is 0 Å². The van der Waals surface area contributed by atoms with Crippen LogP contribution >= 0.6 is 0 Å². The molecule has 1 fully saturated rings. The summed E-state index contributed by atoms with van der Waals surface area (Å²) in [4.78, 5) is 2.33. The number of fused-ring (bicyclic) bond motifs is 1. The average molecular weight is 357 g/mol. The highest BCUT2D eigenvalue weighted by Crippen LogP contribution is 2.38. The highest BCUT2D eigenvalue weighted by Gasteiger charge is 2.36. The minimum Gasteiger partial charge on any atom is -0.454 e. The van der Waals surface area contributed by atoms with Crippen molar-refractivity contribution in [1.82, 2.24) is 4.90 Å². The van der Waals surface area contributed by atoms with Gasteiger partial charge in [-0.15, -0.1) is 0 Å². The third-order valence-corrected chi connectivity index (χ3v) is 5.47. The second-order valence-corrected chi connectivity index (χ2v) is 7.39. The number of rotatable bonds is 5. The first-order chi connectivity index (χ1) is 12.7. The van der Waals surface area contributed by atoms with E-state index in [0.29, 0.717) is 12.0 Å². The van der Waals surface area contributed by atoms with Crippen molar-refractivity contribution in [1.29, 1.82) is 0 Å². The van der Waals surface area contributed by atoms with Crippen molar-refractivity contribution < 1.29 is 19.0 Å². The molecule has 1 atom stereocenters. The Balaban J connectivity index is 1.51. The molecule has 0 radical (unpaired) electrons.